The molecule has 0 amide bonds. The maximum atomic E-state index is 7.44. The van der Waals surface area contributed by atoms with Gasteiger partial charge in [-0.05, 0) is 18.3 Å². The fraction of sp³-hybridized carbons (Fsp3) is 0.833. The molecule has 0 heterocycles. The summed E-state index contributed by atoms with van der Waals surface area (Å²) in [4.78, 5) is 0. The minimum absolute atomic E-state index is 0. The molecular formula is C12H30O2W. The van der Waals surface area contributed by atoms with Crippen molar-refractivity contribution >= 4 is 0 Å². The molecule has 0 unspecified atom stereocenters. The van der Waals surface area contributed by atoms with Gasteiger partial charge in [0.25, 0.3) is 0 Å². The van der Waals surface area contributed by atoms with Crippen molar-refractivity contribution in [2.24, 2.45) is 5.41 Å². The number of hydrogen-bond donors (Lipinski definition) is 1. The van der Waals surface area contributed by atoms with Crippen molar-refractivity contribution in [2.45, 2.75) is 48.0 Å². The molecule has 15 heavy (non-hydrogen) atoms. The van der Waals surface area contributed by atoms with Crippen LogP contribution in [0.5, 0.6) is 0 Å². The van der Waals surface area contributed by atoms with Crippen LogP contribution in [0.15, 0.2) is 0 Å². The van der Waals surface area contributed by atoms with Crippen LogP contribution in [0.25, 0.3) is 0 Å². The van der Waals surface area contributed by atoms with Crippen molar-refractivity contribution in [1.82, 2.24) is 0 Å². The van der Waals surface area contributed by atoms with Crippen molar-refractivity contribution in [3.63, 3.8) is 0 Å². The summed E-state index contributed by atoms with van der Waals surface area (Å²) in [6, 6.07) is 0. The van der Waals surface area contributed by atoms with Gasteiger partial charge in [-0.2, -0.15) is 6.92 Å². The van der Waals surface area contributed by atoms with E-state index < -0.39 is 0 Å². The van der Waals surface area contributed by atoms with E-state index in [1.165, 1.54) is 19.3 Å². The smallest absolute Gasteiger partial charge is 0.566 e. The predicted octanol–water partition coefficient (Wildman–Crippen LogP) is 4.08. The van der Waals surface area contributed by atoms with Gasteiger partial charge in [0.05, 0.1) is 6.61 Å². The van der Waals surface area contributed by atoms with Gasteiger partial charge in [-0.25, -0.2) is 7.98 Å². The Bertz CT molecular complexity index is 99.0. The quantitative estimate of drug-likeness (QED) is 0.719. The monoisotopic (exact) mass is 391 g/mol. The van der Waals surface area contributed by atoms with Gasteiger partial charge in [0.1, 0.15) is 0 Å². The summed E-state index contributed by atoms with van der Waals surface area (Å²) >= 11 is 0. The molecule has 0 saturated heterocycles. The summed E-state index contributed by atoms with van der Waals surface area (Å²) in [5.41, 5.74) is 0.550. The van der Waals surface area contributed by atoms with Crippen molar-refractivity contribution in [3.05, 3.63) is 14.0 Å². The molecule has 1 saturated carbocycles. The summed E-state index contributed by atoms with van der Waals surface area (Å²) in [6.07, 6.45) is 4.13. The first-order valence-corrected chi connectivity index (χ1v) is 4.09. The number of aliphatic hydroxyl groups excluding tert-OH is 1. The number of ether oxygens (including phenoxy) is 1. The second-order valence-electron chi connectivity index (χ2n) is 3.36. The third kappa shape index (κ3) is 14.6. The zero-order valence-electron chi connectivity index (χ0n) is 9.88. The molecule has 96 valence electrons. The molecule has 0 spiro atoms. The fourth-order valence-electron chi connectivity index (χ4n) is 1.27. The molecule has 1 fully saturated rings. The van der Waals surface area contributed by atoms with Gasteiger partial charge in [0.15, 0.2) is 0 Å². The third-order valence-electron chi connectivity index (χ3n) is 2.05. The molecule has 1 aliphatic rings. The van der Waals surface area contributed by atoms with Crippen molar-refractivity contribution in [2.75, 3.05) is 13.7 Å². The summed E-state index contributed by atoms with van der Waals surface area (Å²) in [5.74, 6) is 0. The van der Waals surface area contributed by atoms with Gasteiger partial charge < -0.3 is 17.2 Å². The topological polar surface area (TPSA) is 29.5 Å². The first kappa shape index (κ1) is 24.7. The van der Waals surface area contributed by atoms with E-state index >= 15 is 0 Å². The van der Waals surface area contributed by atoms with Gasteiger partial charge in [-0.1, -0.05) is 28.2 Å². The van der Waals surface area contributed by atoms with Crippen LogP contribution in [0.3, 0.4) is 0 Å². The first-order chi connectivity index (χ1) is 6.18. The molecule has 0 aromatic heterocycles. The van der Waals surface area contributed by atoms with Gasteiger partial charge in [-0.3, -0.25) is 0 Å². The van der Waals surface area contributed by atoms with Crippen molar-refractivity contribution in [3.8, 4) is 0 Å². The van der Waals surface area contributed by atoms with Crippen LogP contribution in [0, 0.1) is 19.4 Å². The van der Waals surface area contributed by atoms with Gasteiger partial charge in [0.2, 0.25) is 0 Å². The predicted molar refractivity (Wildman–Crippen MR) is 65.6 cm³/mol. The van der Waals surface area contributed by atoms with Crippen LogP contribution in [0.4, 0.5) is 0 Å². The minimum Gasteiger partial charge on any atom is -0.566 e. The Morgan fingerprint density at radius 1 is 1.47 bits per heavy atom. The molecule has 0 atom stereocenters. The number of methoxy groups -OCH3 is 1. The van der Waals surface area contributed by atoms with E-state index in [9.17, 15) is 0 Å². The average molecular weight is 391 g/mol. The minimum atomic E-state index is 0. The largest absolute Gasteiger partial charge is 2.00 e. The molecule has 0 aliphatic heterocycles. The van der Waals surface area contributed by atoms with E-state index in [0.717, 1.165) is 13.2 Å². The number of rotatable bonds is 2. The van der Waals surface area contributed by atoms with Crippen LogP contribution < -0.4 is 0 Å². The van der Waals surface area contributed by atoms with Crippen LogP contribution >= 0.6 is 0 Å². The van der Waals surface area contributed by atoms with E-state index in [2.05, 4.69) is 14.3 Å². The number of hydrogen-bond acceptors (Lipinski definition) is 2. The van der Waals surface area contributed by atoms with E-state index in [1.54, 1.807) is 14.0 Å². The molecular weight excluding hydrogens is 360 g/mol. The zero-order chi connectivity index (χ0) is 10.7. The molecule has 0 aromatic rings. The number of aliphatic hydroxyl groups is 1. The van der Waals surface area contributed by atoms with Crippen LogP contribution in [0.2, 0.25) is 0 Å². The van der Waals surface area contributed by atoms with E-state index in [4.69, 9.17) is 11.2 Å². The van der Waals surface area contributed by atoms with Crippen molar-refractivity contribution < 1.29 is 32.3 Å². The third-order valence-corrected chi connectivity index (χ3v) is 2.05. The van der Waals surface area contributed by atoms with Crippen molar-refractivity contribution in [1.29, 1.82) is 0 Å². The van der Waals surface area contributed by atoms with E-state index in [0.29, 0.717) is 5.41 Å². The first-order valence-electron chi connectivity index (χ1n) is 4.80. The van der Waals surface area contributed by atoms with E-state index in [1.807, 2.05) is 0 Å². The molecule has 0 radical (unpaired) electrons. The van der Waals surface area contributed by atoms with Gasteiger partial charge in [0, 0.05) is 7.11 Å². The SMILES string of the molecule is C.C.COCC1(C)CCC1.C[CH-]O.[2H][CH2-].[W+2]. The second kappa shape index (κ2) is 17.0. The molecule has 0 bridgehead atoms. The average Bonchev–Trinajstić information content (AvgIpc) is 2.07. The maximum absolute atomic E-state index is 7.44. The molecule has 1 rings (SSSR count). The summed E-state index contributed by atoms with van der Waals surface area (Å²) in [6.45, 7) is 5.80. The van der Waals surface area contributed by atoms with E-state index in [-0.39, 0.29) is 35.9 Å². The Labute approximate surface area is 113 Å². The summed E-state index contributed by atoms with van der Waals surface area (Å²) in [5, 5.41) is 7.44. The van der Waals surface area contributed by atoms with Gasteiger partial charge >= 0.3 is 21.1 Å². The molecule has 2 nitrogen and oxygen atoms in total. The summed E-state index contributed by atoms with van der Waals surface area (Å²) < 4.78 is 10.5. The Morgan fingerprint density at radius 3 is 1.87 bits per heavy atom. The Morgan fingerprint density at radius 2 is 1.80 bits per heavy atom. The maximum Gasteiger partial charge on any atom is 2.00 e. The second-order valence-corrected chi connectivity index (χ2v) is 3.36. The van der Waals surface area contributed by atoms with Crippen LogP contribution in [0.1, 0.15) is 49.3 Å². The Balaban J connectivity index is -0.0000000449. The Kier molecular flexibility index (Phi) is 28.0. The molecule has 1 aliphatic carbocycles. The fourth-order valence-corrected chi connectivity index (χ4v) is 1.27. The summed E-state index contributed by atoms with van der Waals surface area (Å²) in [7, 11) is 4.28. The standard InChI is InChI=1S/C7H14O.C2H5O.2CH4.CH3.W/c1-7(6-8-2)4-3-5-7;1-2-3;;;;/h3-6H2,1-2H3;2-3H,1H3;2*1H4;1H3;/q;-1;;;-1;+2/i;;;;1D;. The molecule has 0 aromatic carbocycles. The van der Waals surface area contributed by atoms with Crippen LogP contribution in [-0.2, 0) is 25.8 Å². The van der Waals surface area contributed by atoms with Gasteiger partial charge in [-0.15, -0.1) is 0 Å². The normalized spacial score (nSPS) is 14.9. The molecule has 1 N–H and O–H groups in total. The molecule has 3 heteroatoms. The Hall–Kier alpha value is 0.608. The van der Waals surface area contributed by atoms with Crippen LogP contribution in [-0.4, -0.2) is 18.8 Å². The zero-order valence-corrected chi connectivity index (χ0v) is 11.8.